The summed E-state index contributed by atoms with van der Waals surface area (Å²) in [4.78, 5) is 23.0. The summed E-state index contributed by atoms with van der Waals surface area (Å²) in [6, 6.07) is 4.52. The third-order valence-electron chi connectivity index (χ3n) is 3.07. The van der Waals surface area contributed by atoms with Gasteiger partial charge in [0.2, 0.25) is 5.91 Å². The molecule has 1 atom stereocenters. The van der Waals surface area contributed by atoms with Gasteiger partial charge in [0.15, 0.2) is 0 Å². The number of benzene rings is 1. The molecule has 1 unspecified atom stereocenters. The Hall–Kier alpha value is -2.08. The van der Waals surface area contributed by atoms with Crippen LogP contribution in [0.5, 0.6) is 0 Å². The van der Waals surface area contributed by atoms with Gasteiger partial charge in [0.05, 0.1) is 0 Å². The van der Waals surface area contributed by atoms with Crippen LogP contribution < -0.4 is 16.4 Å². The molecule has 1 rings (SSSR count). The molecule has 1 aromatic rings. The van der Waals surface area contributed by atoms with E-state index in [9.17, 15) is 9.59 Å². The number of hydrogen-bond donors (Lipinski definition) is 4. The van der Waals surface area contributed by atoms with Gasteiger partial charge < -0.3 is 21.5 Å². The van der Waals surface area contributed by atoms with Crippen LogP contribution in [0.3, 0.4) is 0 Å². The first-order chi connectivity index (χ1) is 9.47. The van der Waals surface area contributed by atoms with Crippen molar-refractivity contribution in [2.24, 2.45) is 5.73 Å². The van der Waals surface area contributed by atoms with Crippen LogP contribution in [0.2, 0.25) is 0 Å². The monoisotopic (exact) mass is 279 g/mol. The molecule has 5 N–H and O–H groups in total. The van der Waals surface area contributed by atoms with E-state index in [0.717, 1.165) is 12.0 Å². The molecular weight excluding hydrogens is 258 g/mol. The predicted molar refractivity (Wildman–Crippen MR) is 77.6 cm³/mol. The number of urea groups is 1. The minimum absolute atomic E-state index is 0.0230. The van der Waals surface area contributed by atoms with E-state index in [-0.39, 0.29) is 18.7 Å². The molecule has 0 aliphatic heterocycles. The van der Waals surface area contributed by atoms with E-state index in [2.05, 4.69) is 10.6 Å². The van der Waals surface area contributed by atoms with Gasteiger partial charge >= 0.3 is 6.03 Å². The lowest BCUT2D eigenvalue weighted by Crippen LogP contribution is -2.38. The lowest BCUT2D eigenvalue weighted by atomic mass is 10.1. The Morgan fingerprint density at radius 2 is 2.10 bits per heavy atom. The van der Waals surface area contributed by atoms with Gasteiger partial charge in [-0.1, -0.05) is 13.0 Å². The number of aliphatic hydroxyl groups is 1. The summed E-state index contributed by atoms with van der Waals surface area (Å²) in [6.45, 7) is 3.73. The predicted octanol–water partition coefficient (Wildman–Crippen LogP) is 1.38. The topological polar surface area (TPSA) is 104 Å². The van der Waals surface area contributed by atoms with Crippen LogP contribution in [-0.4, -0.2) is 29.7 Å². The first kappa shape index (κ1) is 16.0. The molecule has 0 bridgehead atoms. The maximum atomic E-state index is 11.8. The molecule has 0 fully saturated rings. The second-order valence-corrected chi connectivity index (χ2v) is 4.61. The van der Waals surface area contributed by atoms with Crippen LogP contribution in [0.15, 0.2) is 18.2 Å². The van der Waals surface area contributed by atoms with Crippen LogP contribution in [0.25, 0.3) is 0 Å². The number of nitrogens with one attached hydrogen (secondary N) is 2. The summed E-state index contributed by atoms with van der Waals surface area (Å²) in [5.41, 5.74) is 6.90. The zero-order chi connectivity index (χ0) is 15.1. The average Bonchev–Trinajstić information content (AvgIpc) is 2.40. The summed E-state index contributed by atoms with van der Waals surface area (Å²) in [6.07, 6.45) is 1.23. The van der Waals surface area contributed by atoms with Crippen LogP contribution in [-0.2, 0) is 0 Å². The fraction of sp³-hybridized carbons (Fsp3) is 0.429. The van der Waals surface area contributed by atoms with E-state index in [0.29, 0.717) is 17.7 Å². The largest absolute Gasteiger partial charge is 0.396 e. The van der Waals surface area contributed by atoms with Gasteiger partial charge in [-0.3, -0.25) is 4.79 Å². The van der Waals surface area contributed by atoms with Crippen LogP contribution >= 0.6 is 0 Å². The highest BCUT2D eigenvalue weighted by atomic mass is 16.3. The van der Waals surface area contributed by atoms with Gasteiger partial charge in [-0.25, -0.2) is 4.79 Å². The van der Waals surface area contributed by atoms with Gasteiger partial charge in [0, 0.05) is 23.9 Å². The van der Waals surface area contributed by atoms with Gasteiger partial charge in [0.1, 0.15) is 0 Å². The Labute approximate surface area is 118 Å². The molecule has 0 aliphatic rings. The van der Waals surface area contributed by atoms with E-state index < -0.39 is 5.91 Å². The Bertz CT molecular complexity index is 489. The molecule has 0 saturated carbocycles. The maximum Gasteiger partial charge on any atom is 0.319 e. The number of carbonyl (C=O) groups excluding carboxylic acids is 2. The molecule has 6 heteroatoms. The summed E-state index contributed by atoms with van der Waals surface area (Å²) < 4.78 is 0. The molecule has 110 valence electrons. The maximum absolute atomic E-state index is 11.8. The molecule has 0 aliphatic carbocycles. The summed E-state index contributed by atoms with van der Waals surface area (Å²) in [5.74, 6) is -0.529. The van der Waals surface area contributed by atoms with Crippen LogP contribution in [0.1, 0.15) is 35.7 Å². The van der Waals surface area contributed by atoms with Gasteiger partial charge in [-0.2, -0.15) is 0 Å². The molecule has 0 aromatic heterocycles. The molecule has 6 nitrogen and oxygen atoms in total. The third kappa shape index (κ3) is 4.55. The molecule has 0 heterocycles. The van der Waals surface area contributed by atoms with Crippen molar-refractivity contribution in [3.63, 3.8) is 0 Å². The van der Waals surface area contributed by atoms with Crippen molar-refractivity contribution in [2.75, 3.05) is 11.9 Å². The van der Waals surface area contributed by atoms with E-state index in [4.69, 9.17) is 10.8 Å². The SMILES string of the molecule is CCC(CCO)NC(=O)Nc1ccc(C)c(C(N)=O)c1. The minimum Gasteiger partial charge on any atom is -0.396 e. The number of hydrogen-bond acceptors (Lipinski definition) is 3. The molecule has 0 saturated heterocycles. The Kier molecular flexibility index (Phi) is 5.99. The number of carbonyl (C=O) groups is 2. The fourth-order valence-corrected chi connectivity index (χ4v) is 1.85. The smallest absolute Gasteiger partial charge is 0.319 e. The first-order valence-corrected chi connectivity index (χ1v) is 6.56. The number of amides is 3. The van der Waals surface area contributed by atoms with Crippen molar-refractivity contribution in [3.05, 3.63) is 29.3 Å². The van der Waals surface area contributed by atoms with Crippen LogP contribution in [0, 0.1) is 6.92 Å². The molecule has 0 spiro atoms. The lowest BCUT2D eigenvalue weighted by Gasteiger charge is -2.16. The highest BCUT2D eigenvalue weighted by molar-refractivity contribution is 5.97. The first-order valence-electron chi connectivity index (χ1n) is 6.56. The van der Waals surface area contributed by atoms with E-state index >= 15 is 0 Å². The number of primary amides is 1. The third-order valence-corrected chi connectivity index (χ3v) is 3.07. The molecule has 20 heavy (non-hydrogen) atoms. The standard InChI is InChI=1S/C14H21N3O3/c1-3-10(6-7-18)16-14(20)17-11-5-4-9(2)12(8-11)13(15)19/h4-5,8,10,18H,3,6-7H2,1-2H3,(H2,15,19)(H2,16,17,20). The van der Waals surface area contributed by atoms with Crippen molar-refractivity contribution in [2.45, 2.75) is 32.7 Å². The van der Waals surface area contributed by atoms with E-state index in [1.54, 1.807) is 25.1 Å². The summed E-state index contributed by atoms with van der Waals surface area (Å²) in [7, 11) is 0. The highest BCUT2D eigenvalue weighted by Gasteiger charge is 2.11. The molecular formula is C14H21N3O3. The van der Waals surface area contributed by atoms with E-state index in [1.165, 1.54) is 0 Å². The number of anilines is 1. The highest BCUT2D eigenvalue weighted by Crippen LogP contribution is 2.14. The quantitative estimate of drug-likeness (QED) is 0.632. The van der Waals surface area contributed by atoms with Crippen molar-refractivity contribution in [3.8, 4) is 0 Å². The van der Waals surface area contributed by atoms with E-state index in [1.807, 2.05) is 6.92 Å². The average molecular weight is 279 g/mol. The van der Waals surface area contributed by atoms with Gasteiger partial charge in [-0.05, 0) is 37.5 Å². The number of nitrogens with two attached hydrogens (primary N) is 1. The summed E-state index contributed by atoms with van der Waals surface area (Å²) in [5, 5.41) is 14.3. The fourth-order valence-electron chi connectivity index (χ4n) is 1.85. The molecule has 1 aromatic carbocycles. The van der Waals surface area contributed by atoms with Crippen molar-refractivity contribution >= 4 is 17.6 Å². The van der Waals surface area contributed by atoms with Crippen molar-refractivity contribution < 1.29 is 14.7 Å². The normalized spacial score (nSPS) is 11.8. The van der Waals surface area contributed by atoms with Crippen LogP contribution in [0.4, 0.5) is 10.5 Å². The van der Waals surface area contributed by atoms with Gasteiger partial charge in [0.25, 0.3) is 0 Å². The van der Waals surface area contributed by atoms with Gasteiger partial charge in [-0.15, -0.1) is 0 Å². The second kappa shape index (κ2) is 7.49. The Morgan fingerprint density at radius 3 is 2.65 bits per heavy atom. The number of rotatable bonds is 6. The Balaban J connectivity index is 2.71. The number of aryl methyl sites for hydroxylation is 1. The minimum atomic E-state index is -0.529. The zero-order valence-corrected chi connectivity index (χ0v) is 11.8. The lowest BCUT2D eigenvalue weighted by molar-refractivity contribution is 0.0999. The van der Waals surface area contributed by atoms with Crippen molar-refractivity contribution in [1.29, 1.82) is 0 Å². The second-order valence-electron chi connectivity index (χ2n) is 4.61. The van der Waals surface area contributed by atoms with Crippen molar-refractivity contribution in [1.82, 2.24) is 5.32 Å². The zero-order valence-electron chi connectivity index (χ0n) is 11.8. The summed E-state index contributed by atoms with van der Waals surface area (Å²) >= 11 is 0. The number of aliphatic hydroxyl groups excluding tert-OH is 1. The molecule has 0 radical (unpaired) electrons. The Morgan fingerprint density at radius 1 is 1.40 bits per heavy atom. The molecule has 3 amide bonds.